The Kier molecular flexibility index (Phi) is 6.09. The third kappa shape index (κ3) is 4.03. The first-order chi connectivity index (χ1) is 17.5. The molecule has 0 spiro atoms. The van der Waals surface area contributed by atoms with Crippen molar-refractivity contribution in [2.24, 2.45) is 0 Å². The zero-order chi connectivity index (χ0) is 25.2. The minimum absolute atomic E-state index is 0.216. The molecule has 3 aromatic heterocycles. The number of benzene rings is 1. The van der Waals surface area contributed by atoms with Crippen LogP contribution >= 0.6 is 0 Å². The Labute approximate surface area is 208 Å². The number of aromatic nitrogens is 4. The molecular formula is C27H25N7O2. The van der Waals surface area contributed by atoms with E-state index in [1.54, 1.807) is 60.7 Å². The Morgan fingerprint density at radius 1 is 1.14 bits per heavy atom. The molecule has 4 aromatic rings. The maximum atomic E-state index is 13.9. The van der Waals surface area contributed by atoms with E-state index in [1.807, 2.05) is 23.5 Å². The third-order valence-electron chi connectivity index (χ3n) is 6.20. The predicted molar refractivity (Wildman–Crippen MR) is 136 cm³/mol. The number of hydrogen-bond acceptors (Lipinski definition) is 6. The SMILES string of the molecule is CC#CC(=O)N1CCC[C@H]1c1nc(N(C(=O)c2ccccc2)c2ccc(C)cn2)c2c(N)nccn12. The average molecular weight is 480 g/mol. The average Bonchev–Trinajstić information content (AvgIpc) is 3.52. The second kappa shape index (κ2) is 9.50. The van der Waals surface area contributed by atoms with Crippen LogP contribution in [0.5, 0.6) is 0 Å². The standard InChI is InChI=1S/C27H25N7O2/c1-3-8-22(35)32-15-7-11-20(32)25-31-26(23-24(28)29-14-16-33(23)25)34(21-13-12-18(2)17-30-21)27(36)19-9-5-4-6-10-19/h4-6,9-10,12-14,16-17,20H,7,11,15H2,1-2H3,(H2,28,29)/t20-/m0/s1. The van der Waals surface area contributed by atoms with E-state index in [4.69, 9.17) is 10.7 Å². The Balaban J connectivity index is 1.72. The van der Waals surface area contributed by atoms with E-state index in [1.165, 1.54) is 4.90 Å². The topological polar surface area (TPSA) is 110 Å². The fourth-order valence-corrected chi connectivity index (χ4v) is 4.53. The molecule has 180 valence electrons. The van der Waals surface area contributed by atoms with Crippen LogP contribution in [0.2, 0.25) is 0 Å². The van der Waals surface area contributed by atoms with Gasteiger partial charge >= 0.3 is 0 Å². The fourth-order valence-electron chi connectivity index (χ4n) is 4.53. The van der Waals surface area contributed by atoms with Gasteiger partial charge in [-0.3, -0.25) is 14.0 Å². The van der Waals surface area contributed by atoms with Gasteiger partial charge in [0.2, 0.25) is 0 Å². The molecule has 2 N–H and O–H groups in total. The number of carbonyl (C=O) groups excluding carboxylic acids is 2. The third-order valence-corrected chi connectivity index (χ3v) is 6.20. The molecule has 36 heavy (non-hydrogen) atoms. The first kappa shape index (κ1) is 23.1. The van der Waals surface area contributed by atoms with E-state index in [0.29, 0.717) is 41.5 Å². The van der Waals surface area contributed by atoms with Gasteiger partial charge in [-0.2, -0.15) is 0 Å². The molecule has 1 atom stereocenters. The minimum atomic E-state index is -0.318. The first-order valence-electron chi connectivity index (χ1n) is 11.7. The normalized spacial score (nSPS) is 14.9. The smallest absolute Gasteiger partial charge is 0.299 e. The molecule has 4 heterocycles. The molecule has 0 saturated carbocycles. The highest BCUT2D eigenvalue weighted by atomic mass is 16.2. The lowest BCUT2D eigenvalue weighted by atomic mass is 10.2. The molecule has 1 aliphatic rings. The predicted octanol–water partition coefficient (Wildman–Crippen LogP) is 3.68. The number of pyridine rings is 1. The fraction of sp³-hybridized carbons (Fsp3) is 0.222. The number of imidazole rings is 1. The second-order valence-electron chi connectivity index (χ2n) is 8.56. The van der Waals surface area contributed by atoms with Crippen molar-refractivity contribution in [3.63, 3.8) is 0 Å². The lowest BCUT2D eigenvalue weighted by molar-refractivity contribution is -0.126. The molecule has 0 aliphatic carbocycles. The van der Waals surface area contributed by atoms with E-state index in [2.05, 4.69) is 21.8 Å². The Morgan fingerprint density at radius 2 is 1.94 bits per heavy atom. The van der Waals surface area contributed by atoms with Gasteiger partial charge in [0, 0.05) is 30.7 Å². The number of carbonyl (C=O) groups is 2. The van der Waals surface area contributed by atoms with Gasteiger partial charge in [0.25, 0.3) is 11.8 Å². The van der Waals surface area contributed by atoms with E-state index >= 15 is 0 Å². The molecule has 9 nitrogen and oxygen atoms in total. The van der Waals surface area contributed by atoms with Crippen LogP contribution in [0.3, 0.4) is 0 Å². The summed E-state index contributed by atoms with van der Waals surface area (Å²) in [4.78, 5) is 43.5. The molecule has 2 amide bonds. The molecular weight excluding hydrogens is 454 g/mol. The van der Waals surface area contributed by atoms with Crippen molar-refractivity contribution in [3.8, 4) is 11.8 Å². The minimum Gasteiger partial charge on any atom is -0.382 e. The van der Waals surface area contributed by atoms with E-state index in [9.17, 15) is 9.59 Å². The summed E-state index contributed by atoms with van der Waals surface area (Å²) in [5, 5.41) is 0. The monoisotopic (exact) mass is 479 g/mol. The summed E-state index contributed by atoms with van der Waals surface area (Å²) in [5.74, 6) is 6.28. The molecule has 9 heteroatoms. The number of nitrogens with two attached hydrogens (primary N) is 1. The van der Waals surface area contributed by atoms with Gasteiger partial charge in [0.15, 0.2) is 11.6 Å². The van der Waals surface area contributed by atoms with E-state index in [0.717, 1.165) is 12.0 Å². The number of hydrogen-bond donors (Lipinski definition) is 1. The van der Waals surface area contributed by atoms with Crippen molar-refractivity contribution in [1.82, 2.24) is 24.3 Å². The number of fused-ring (bicyclic) bond motifs is 1. The number of aryl methyl sites for hydroxylation is 1. The zero-order valence-corrected chi connectivity index (χ0v) is 20.0. The molecule has 1 fully saturated rings. The van der Waals surface area contributed by atoms with Crippen LogP contribution in [0, 0.1) is 18.8 Å². The lowest BCUT2D eigenvalue weighted by Gasteiger charge is -2.21. The van der Waals surface area contributed by atoms with E-state index < -0.39 is 0 Å². The molecule has 0 unspecified atom stereocenters. The number of amides is 2. The first-order valence-corrected chi connectivity index (χ1v) is 11.7. The molecule has 1 aliphatic heterocycles. The van der Waals surface area contributed by atoms with Gasteiger partial charge in [-0.1, -0.05) is 30.2 Å². The van der Waals surface area contributed by atoms with Gasteiger partial charge < -0.3 is 10.6 Å². The summed E-state index contributed by atoms with van der Waals surface area (Å²) in [6, 6.07) is 12.3. The molecule has 1 saturated heterocycles. The maximum Gasteiger partial charge on any atom is 0.299 e. The largest absolute Gasteiger partial charge is 0.382 e. The molecule has 0 bridgehead atoms. The highest BCUT2D eigenvalue weighted by Crippen LogP contribution is 2.38. The summed E-state index contributed by atoms with van der Waals surface area (Å²) < 4.78 is 1.81. The zero-order valence-electron chi connectivity index (χ0n) is 20.0. The highest BCUT2D eigenvalue weighted by Gasteiger charge is 2.35. The maximum absolute atomic E-state index is 13.9. The van der Waals surface area contributed by atoms with Gasteiger partial charge in [-0.05, 0) is 56.4 Å². The van der Waals surface area contributed by atoms with Gasteiger partial charge in [-0.25, -0.2) is 19.9 Å². The van der Waals surface area contributed by atoms with Crippen LogP contribution in [0.25, 0.3) is 5.52 Å². The van der Waals surface area contributed by atoms with Crippen molar-refractivity contribution in [2.75, 3.05) is 17.2 Å². The Bertz CT molecular complexity index is 1500. The molecule has 5 rings (SSSR count). The highest BCUT2D eigenvalue weighted by molar-refractivity contribution is 6.12. The lowest BCUT2D eigenvalue weighted by Crippen LogP contribution is -2.30. The van der Waals surface area contributed by atoms with Crippen molar-refractivity contribution in [1.29, 1.82) is 0 Å². The number of nitrogen functional groups attached to an aromatic ring is 1. The number of rotatable bonds is 4. The van der Waals surface area contributed by atoms with Gasteiger partial charge in [0.05, 0.1) is 6.04 Å². The van der Waals surface area contributed by atoms with Crippen molar-refractivity contribution < 1.29 is 9.59 Å². The second-order valence-corrected chi connectivity index (χ2v) is 8.56. The van der Waals surface area contributed by atoms with E-state index in [-0.39, 0.29) is 23.7 Å². The summed E-state index contributed by atoms with van der Waals surface area (Å²) in [5.41, 5.74) is 8.26. The number of likely N-dealkylation sites (tertiary alicyclic amines) is 1. The van der Waals surface area contributed by atoms with Gasteiger partial charge in [-0.15, -0.1) is 0 Å². The summed E-state index contributed by atoms with van der Waals surface area (Å²) in [6.45, 7) is 4.15. The van der Waals surface area contributed by atoms with Crippen LogP contribution in [0.4, 0.5) is 17.5 Å². The quantitative estimate of drug-likeness (QED) is 0.447. The van der Waals surface area contributed by atoms with Crippen LogP contribution in [0.15, 0.2) is 61.1 Å². The van der Waals surface area contributed by atoms with Crippen LogP contribution in [-0.2, 0) is 4.79 Å². The summed E-state index contributed by atoms with van der Waals surface area (Å²) in [6.07, 6.45) is 6.56. The van der Waals surface area contributed by atoms with Crippen LogP contribution < -0.4 is 10.6 Å². The summed E-state index contributed by atoms with van der Waals surface area (Å²) in [7, 11) is 0. The van der Waals surface area contributed by atoms with Crippen LogP contribution in [-0.4, -0.2) is 42.6 Å². The van der Waals surface area contributed by atoms with Crippen molar-refractivity contribution in [3.05, 3.63) is 78.0 Å². The molecule has 1 aromatic carbocycles. The number of anilines is 3. The Hall–Kier alpha value is -4.71. The summed E-state index contributed by atoms with van der Waals surface area (Å²) >= 11 is 0. The van der Waals surface area contributed by atoms with Crippen LogP contribution in [0.1, 0.15) is 47.6 Å². The number of nitrogens with zero attached hydrogens (tertiary/aromatic N) is 6. The van der Waals surface area contributed by atoms with Crippen molar-refractivity contribution >= 4 is 34.8 Å². The van der Waals surface area contributed by atoms with Crippen molar-refractivity contribution in [2.45, 2.75) is 32.7 Å². The Morgan fingerprint density at radius 3 is 2.67 bits per heavy atom. The van der Waals surface area contributed by atoms with Gasteiger partial charge in [0.1, 0.15) is 17.2 Å². The molecule has 0 radical (unpaired) electrons.